The van der Waals surface area contributed by atoms with Crippen LogP contribution in [0.15, 0.2) is 40.7 Å². The van der Waals surface area contributed by atoms with Gasteiger partial charge in [0.05, 0.1) is 17.6 Å². The molecule has 0 aliphatic rings. The van der Waals surface area contributed by atoms with Gasteiger partial charge in [-0.15, -0.1) is 11.3 Å². The minimum Gasteiger partial charge on any atom is -0.369 e. The summed E-state index contributed by atoms with van der Waals surface area (Å²) in [5, 5.41) is 11.2. The van der Waals surface area contributed by atoms with Crippen molar-refractivity contribution < 1.29 is 0 Å². The fourth-order valence-corrected chi connectivity index (χ4v) is 2.24. The highest BCUT2D eigenvalue weighted by Crippen LogP contribution is 2.29. The van der Waals surface area contributed by atoms with Gasteiger partial charge in [0.25, 0.3) is 0 Å². The van der Waals surface area contributed by atoms with Gasteiger partial charge in [-0.2, -0.15) is 5.26 Å². The Morgan fingerprint density at radius 1 is 1.33 bits per heavy atom. The molecule has 0 aliphatic carbocycles. The molecule has 2 rings (SSSR count). The summed E-state index contributed by atoms with van der Waals surface area (Å²) in [4.78, 5) is 7.28. The molecule has 0 bridgehead atoms. The van der Waals surface area contributed by atoms with Crippen molar-refractivity contribution in [2.24, 2.45) is 4.99 Å². The van der Waals surface area contributed by atoms with Crippen LogP contribution in [0.5, 0.6) is 0 Å². The molecule has 0 unspecified atom stereocenters. The SMILES string of the molecule is CN(C)/C=N\c1ccc(-c2cccs2)cc1C#N. The first kappa shape index (κ1) is 12.3. The van der Waals surface area contributed by atoms with E-state index in [0.717, 1.165) is 10.4 Å². The summed E-state index contributed by atoms with van der Waals surface area (Å²) >= 11 is 1.66. The standard InChI is InChI=1S/C14H13N3S/c1-17(2)10-16-13-6-5-11(8-12(13)9-15)14-4-3-7-18-14/h3-8,10H,1-2H3/b16-10-. The zero-order valence-electron chi connectivity index (χ0n) is 10.3. The first-order valence-corrected chi connectivity index (χ1v) is 6.37. The topological polar surface area (TPSA) is 39.4 Å². The normalized spacial score (nSPS) is 10.5. The van der Waals surface area contributed by atoms with Gasteiger partial charge in [-0.1, -0.05) is 12.1 Å². The second-order valence-electron chi connectivity index (χ2n) is 4.03. The lowest BCUT2D eigenvalue weighted by molar-refractivity contribution is 0.643. The van der Waals surface area contributed by atoms with Crippen LogP contribution in [0.2, 0.25) is 0 Å². The van der Waals surface area contributed by atoms with Crippen molar-refractivity contribution in [1.29, 1.82) is 5.26 Å². The number of rotatable bonds is 3. The number of hydrogen-bond donors (Lipinski definition) is 0. The van der Waals surface area contributed by atoms with Gasteiger partial charge >= 0.3 is 0 Å². The van der Waals surface area contributed by atoms with Crippen molar-refractivity contribution in [2.45, 2.75) is 0 Å². The zero-order valence-corrected chi connectivity index (χ0v) is 11.1. The van der Waals surface area contributed by atoms with E-state index in [9.17, 15) is 5.26 Å². The van der Waals surface area contributed by atoms with E-state index in [1.54, 1.807) is 17.7 Å². The second kappa shape index (κ2) is 5.48. The Morgan fingerprint density at radius 2 is 2.17 bits per heavy atom. The van der Waals surface area contributed by atoms with Crippen LogP contribution < -0.4 is 0 Å². The van der Waals surface area contributed by atoms with Gasteiger partial charge in [-0.3, -0.25) is 0 Å². The predicted molar refractivity (Wildman–Crippen MR) is 76.3 cm³/mol. The van der Waals surface area contributed by atoms with E-state index in [2.05, 4.69) is 11.1 Å². The molecule has 0 aliphatic heterocycles. The van der Waals surface area contributed by atoms with Crippen LogP contribution in [-0.4, -0.2) is 25.3 Å². The Kier molecular flexibility index (Phi) is 3.75. The molecule has 0 spiro atoms. The quantitative estimate of drug-likeness (QED) is 0.622. The van der Waals surface area contributed by atoms with Gasteiger partial charge in [0.1, 0.15) is 6.07 Å². The van der Waals surface area contributed by atoms with Crippen molar-refractivity contribution in [3.63, 3.8) is 0 Å². The summed E-state index contributed by atoms with van der Waals surface area (Å²) in [7, 11) is 3.80. The molecule has 0 atom stereocenters. The molecule has 18 heavy (non-hydrogen) atoms. The number of thiophene rings is 1. The highest BCUT2D eigenvalue weighted by molar-refractivity contribution is 7.13. The molecule has 1 aromatic carbocycles. The predicted octanol–water partition coefficient (Wildman–Crippen LogP) is 3.51. The van der Waals surface area contributed by atoms with E-state index in [4.69, 9.17) is 0 Å². The average molecular weight is 255 g/mol. The molecule has 0 N–H and O–H groups in total. The monoisotopic (exact) mass is 255 g/mol. The van der Waals surface area contributed by atoms with Crippen LogP contribution in [0, 0.1) is 11.3 Å². The second-order valence-corrected chi connectivity index (χ2v) is 4.98. The third kappa shape index (κ3) is 2.76. The lowest BCUT2D eigenvalue weighted by Crippen LogP contribution is -2.07. The van der Waals surface area contributed by atoms with Gasteiger partial charge in [0.15, 0.2) is 0 Å². The molecule has 1 aromatic heterocycles. The van der Waals surface area contributed by atoms with E-state index in [-0.39, 0.29) is 0 Å². The Morgan fingerprint density at radius 3 is 2.78 bits per heavy atom. The summed E-state index contributed by atoms with van der Waals surface area (Å²) < 4.78 is 0. The molecule has 1 heterocycles. The molecule has 0 amide bonds. The molecule has 0 fully saturated rings. The molecule has 0 saturated heterocycles. The van der Waals surface area contributed by atoms with Gasteiger partial charge in [-0.25, -0.2) is 4.99 Å². The Balaban J connectivity index is 2.39. The van der Waals surface area contributed by atoms with Gasteiger partial charge in [0.2, 0.25) is 0 Å². The minimum atomic E-state index is 0.596. The summed E-state index contributed by atoms with van der Waals surface area (Å²) in [6.45, 7) is 0. The van der Waals surface area contributed by atoms with Crippen molar-refractivity contribution in [1.82, 2.24) is 4.90 Å². The summed E-state index contributed by atoms with van der Waals surface area (Å²) in [5.41, 5.74) is 2.36. The van der Waals surface area contributed by atoms with E-state index in [1.165, 1.54) is 0 Å². The number of aliphatic imine (C=N–C) groups is 1. The highest BCUT2D eigenvalue weighted by atomic mass is 32.1. The smallest absolute Gasteiger partial charge is 0.101 e. The number of hydrogen-bond acceptors (Lipinski definition) is 3. The Hall–Kier alpha value is -2.12. The molecule has 0 saturated carbocycles. The maximum Gasteiger partial charge on any atom is 0.101 e. The maximum absolute atomic E-state index is 9.17. The van der Waals surface area contributed by atoms with Gasteiger partial charge in [-0.05, 0) is 29.1 Å². The lowest BCUT2D eigenvalue weighted by Gasteiger charge is -2.04. The number of nitriles is 1. The van der Waals surface area contributed by atoms with E-state index < -0.39 is 0 Å². The Bertz CT molecular complexity index is 592. The molecular formula is C14H13N3S. The molecule has 0 radical (unpaired) electrons. The number of nitrogens with zero attached hydrogens (tertiary/aromatic N) is 3. The highest BCUT2D eigenvalue weighted by Gasteiger charge is 2.04. The van der Waals surface area contributed by atoms with Crippen LogP contribution in [0.4, 0.5) is 5.69 Å². The maximum atomic E-state index is 9.17. The minimum absolute atomic E-state index is 0.596. The van der Waals surface area contributed by atoms with Crippen molar-refractivity contribution in [2.75, 3.05) is 14.1 Å². The molecular weight excluding hydrogens is 242 g/mol. The van der Waals surface area contributed by atoms with E-state index >= 15 is 0 Å². The average Bonchev–Trinajstić information content (AvgIpc) is 2.90. The van der Waals surface area contributed by atoms with E-state index in [0.29, 0.717) is 11.3 Å². The third-order valence-corrected chi connectivity index (χ3v) is 3.27. The largest absolute Gasteiger partial charge is 0.369 e. The van der Waals surface area contributed by atoms with Gasteiger partial charge < -0.3 is 4.90 Å². The van der Waals surface area contributed by atoms with Crippen LogP contribution in [0.1, 0.15) is 5.56 Å². The molecule has 3 nitrogen and oxygen atoms in total. The summed E-state index contributed by atoms with van der Waals surface area (Å²) in [5.74, 6) is 0. The van der Waals surface area contributed by atoms with Crippen LogP contribution in [-0.2, 0) is 0 Å². The first-order chi connectivity index (χ1) is 8.70. The van der Waals surface area contributed by atoms with Crippen LogP contribution in [0.25, 0.3) is 10.4 Å². The molecule has 4 heteroatoms. The summed E-state index contributed by atoms with van der Waals surface area (Å²) in [6.07, 6.45) is 1.70. The fraction of sp³-hybridized carbons (Fsp3) is 0.143. The van der Waals surface area contributed by atoms with Gasteiger partial charge in [0, 0.05) is 19.0 Å². The van der Waals surface area contributed by atoms with Crippen molar-refractivity contribution in [3.05, 3.63) is 41.3 Å². The summed E-state index contributed by atoms with van der Waals surface area (Å²) in [6, 6.07) is 12.0. The molecule has 90 valence electrons. The lowest BCUT2D eigenvalue weighted by atomic mass is 10.1. The third-order valence-electron chi connectivity index (χ3n) is 2.35. The first-order valence-electron chi connectivity index (χ1n) is 5.49. The zero-order chi connectivity index (χ0) is 13.0. The van der Waals surface area contributed by atoms with E-state index in [1.807, 2.05) is 54.7 Å². The number of benzene rings is 1. The fourth-order valence-electron chi connectivity index (χ4n) is 1.51. The van der Waals surface area contributed by atoms with Crippen molar-refractivity contribution >= 4 is 23.4 Å². The van der Waals surface area contributed by atoms with Crippen LogP contribution >= 0.6 is 11.3 Å². The Labute approximate surface area is 111 Å². The molecule has 2 aromatic rings. The van der Waals surface area contributed by atoms with Crippen molar-refractivity contribution in [3.8, 4) is 16.5 Å². The van der Waals surface area contributed by atoms with Crippen LogP contribution in [0.3, 0.4) is 0 Å².